The molecule has 0 aliphatic carbocycles. The van der Waals surface area contributed by atoms with E-state index < -0.39 is 0 Å². The molecule has 0 unspecified atom stereocenters. The molecule has 1 heterocycles. The Labute approximate surface area is 94.7 Å². The molecule has 2 heteroatoms. The molecule has 1 aromatic carbocycles. The van der Waals surface area contributed by atoms with E-state index in [-0.39, 0.29) is 0 Å². The lowest BCUT2D eigenvalue weighted by Crippen LogP contribution is -2.01. The molecular formula is C13H16OS. The molecular weight excluding hydrogens is 204 g/mol. The second-order valence-corrected chi connectivity index (χ2v) is 4.98. The Morgan fingerprint density at radius 3 is 2.87 bits per heavy atom. The molecule has 0 N–H and O–H groups in total. The Kier molecular flexibility index (Phi) is 3.08. The van der Waals surface area contributed by atoms with E-state index in [0.29, 0.717) is 6.10 Å². The van der Waals surface area contributed by atoms with E-state index in [1.54, 1.807) is 11.3 Å². The minimum absolute atomic E-state index is 0.295. The van der Waals surface area contributed by atoms with Gasteiger partial charge in [-0.2, -0.15) is 0 Å². The monoisotopic (exact) mass is 220 g/mol. The summed E-state index contributed by atoms with van der Waals surface area (Å²) in [6, 6.07) is 6.45. The van der Waals surface area contributed by atoms with Crippen LogP contribution in [-0.4, -0.2) is 6.10 Å². The molecule has 80 valence electrons. The predicted octanol–water partition coefficient (Wildman–Crippen LogP) is 4.13. The zero-order chi connectivity index (χ0) is 10.8. The molecule has 0 spiro atoms. The lowest BCUT2D eigenvalue weighted by molar-refractivity contribution is 0.0666. The van der Waals surface area contributed by atoms with Crippen LogP contribution in [0, 0.1) is 6.92 Å². The number of ether oxygens (including phenoxy) is 1. The Morgan fingerprint density at radius 1 is 1.33 bits per heavy atom. The average Bonchev–Trinajstić information content (AvgIpc) is 2.59. The van der Waals surface area contributed by atoms with Gasteiger partial charge < -0.3 is 4.74 Å². The molecule has 15 heavy (non-hydrogen) atoms. The molecule has 0 aliphatic rings. The van der Waals surface area contributed by atoms with E-state index in [9.17, 15) is 0 Å². The molecule has 0 saturated heterocycles. The van der Waals surface area contributed by atoms with Crippen LogP contribution in [0.25, 0.3) is 10.1 Å². The first-order valence-electron chi connectivity index (χ1n) is 5.26. The van der Waals surface area contributed by atoms with Crippen molar-refractivity contribution in [1.82, 2.24) is 0 Å². The van der Waals surface area contributed by atoms with Crippen molar-refractivity contribution >= 4 is 21.4 Å². The van der Waals surface area contributed by atoms with Crippen molar-refractivity contribution in [2.75, 3.05) is 0 Å². The Hall–Kier alpha value is -0.860. The predicted molar refractivity (Wildman–Crippen MR) is 66.5 cm³/mol. The number of benzene rings is 1. The minimum Gasteiger partial charge on any atom is -0.374 e. The zero-order valence-corrected chi connectivity index (χ0v) is 10.2. The number of aryl methyl sites for hydroxylation is 1. The Bertz CT molecular complexity index is 457. The zero-order valence-electron chi connectivity index (χ0n) is 9.41. The van der Waals surface area contributed by atoms with E-state index in [0.717, 1.165) is 6.61 Å². The number of thiophene rings is 1. The highest BCUT2D eigenvalue weighted by molar-refractivity contribution is 7.17. The maximum atomic E-state index is 5.66. The highest BCUT2D eigenvalue weighted by Gasteiger charge is 2.06. The van der Waals surface area contributed by atoms with Gasteiger partial charge in [0.05, 0.1) is 12.7 Å². The summed E-state index contributed by atoms with van der Waals surface area (Å²) in [5.41, 5.74) is 2.66. The summed E-state index contributed by atoms with van der Waals surface area (Å²) in [5.74, 6) is 0. The molecule has 0 fully saturated rings. The van der Waals surface area contributed by atoms with Crippen LogP contribution in [0.15, 0.2) is 23.6 Å². The minimum atomic E-state index is 0.295. The van der Waals surface area contributed by atoms with Gasteiger partial charge in [-0.25, -0.2) is 0 Å². The van der Waals surface area contributed by atoms with E-state index >= 15 is 0 Å². The van der Waals surface area contributed by atoms with Gasteiger partial charge in [-0.1, -0.05) is 12.1 Å². The maximum Gasteiger partial charge on any atom is 0.0734 e. The summed E-state index contributed by atoms with van der Waals surface area (Å²) >= 11 is 1.80. The van der Waals surface area contributed by atoms with Gasteiger partial charge in [0.25, 0.3) is 0 Å². The van der Waals surface area contributed by atoms with Crippen LogP contribution in [0.2, 0.25) is 0 Å². The topological polar surface area (TPSA) is 9.23 Å². The van der Waals surface area contributed by atoms with E-state index in [1.165, 1.54) is 21.2 Å². The van der Waals surface area contributed by atoms with Crippen molar-refractivity contribution in [3.05, 3.63) is 34.7 Å². The number of hydrogen-bond acceptors (Lipinski definition) is 2. The van der Waals surface area contributed by atoms with Gasteiger partial charge >= 0.3 is 0 Å². The van der Waals surface area contributed by atoms with Crippen LogP contribution in [0.3, 0.4) is 0 Å². The second-order valence-electron chi connectivity index (χ2n) is 4.07. The molecule has 2 aromatic rings. The first-order valence-corrected chi connectivity index (χ1v) is 6.13. The molecule has 0 bridgehead atoms. The van der Waals surface area contributed by atoms with Crippen molar-refractivity contribution in [2.24, 2.45) is 0 Å². The summed E-state index contributed by atoms with van der Waals surface area (Å²) in [4.78, 5) is 0. The van der Waals surface area contributed by atoms with Crippen LogP contribution >= 0.6 is 11.3 Å². The molecule has 0 amide bonds. The summed E-state index contributed by atoms with van der Waals surface area (Å²) in [7, 11) is 0. The fourth-order valence-electron chi connectivity index (χ4n) is 1.71. The van der Waals surface area contributed by atoms with Crippen LogP contribution < -0.4 is 0 Å². The van der Waals surface area contributed by atoms with Gasteiger partial charge in [0, 0.05) is 10.1 Å². The van der Waals surface area contributed by atoms with Crippen LogP contribution in [0.4, 0.5) is 0 Å². The quantitative estimate of drug-likeness (QED) is 0.755. The highest BCUT2D eigenvalue weighted by Crippen LogP contribution is 2.29. The summed E-state index contributed by atoms with van der Waals surface area (Å²) in [5, 5.41) is 3.59. The van der Waals surface area contributed by atoms with Gasteiger partial charge in [0.1, 0.15) is 0 Å². The third-order valence-corrected chi connectivity index (χ3v) is 3.45. The van der Waals surface area contributed by atoms with Crippen LogP contribution in [-0.2, 0) is 11.3 Å². The molecule has 0 saturated carbocycles. The fourth-order valence-corrected chi connectivity index (χ4v) is 2.73. The lowest BCUT2D eigenvalue weighted by atomic mass is 10.1. The lowest BCUT2D eigenvalue weighted by Gasteiger charge is -2.07. The molecule has 1 aromatic heterocycles. The van der Waals surface area contributed by atoms with Crippen LogP contribution in [0.1, 0.15) is 25.0 Å². The van der Waals surface area contributed by atoms with Crippen molar-refractivity contribution in [3.63, 3.8) is 0 Å². The van der Waals surface area contributed by atoms with E-state index in [2.05, 4.69) is 44.4 Å². The third-order valence-electron chi connectivity index (χ3n) is 2.46. The molecule has 0 radical (unpaired) electrons. The standard InChI is InChI=1S/C13H16OS/c1-9(2)14-7-11-8-15-12-6-4-5-10(3)13(11)12/h4-6,8-9H,7H2,1-3H3. The summed E-state index contributed by atoms with van der Waals surface area (Å²) in [6.45, 7) is 7.03. The first-order chi connectivity index (χ1) is 7.18. The smallest absolute Gasteiger partial charge is 0.0734 e. The third kappa shape index (κ3) is 2.21. The molecule has 1 nitrogen and oxygen atoms in total. The number of hydrogen-bond donors (Lipinski definition) is 0. The fraction of sp³-hybridized carbons (Fsp3) is 0.385. The van der Waals surface area contributed by atoms with E-state index in [4.69, 9.17) is 4.74 Å². The van der Waals surface area contributed by atoms with Gasteiger partial charge in [-0.05, 0) is 43.3 Å². The summed E-state index contributed by atoms with van der Waals surface area (Å²) in [6.07, 6.45) is 0.295. The van der Waals surface area contributed by atoms with E-state index in [1.807, 2.05) is 0 Å². The number of fused-ring (bicyclic) bond motifs is 1. The van der Waals surface area contributed by atoms with Crippen molar-refractivity contribution < 1.29 is 4.74 Å². The average molecular weight is 220 g/mol. The van der Waals surface area contributed by atoms with Crippen molar-refractivity contribution in [3.8, 4) is 0 Å². The van der Waals surface area contributed by atoms with Crippen molar-refractivity contribution in [2.45, 2.75) is 33.5 Å². The van der Waals surface area contributed by atoms with Gasteiger partial charge in [-0.3, -0.25) is 0 Å². The SMILES string of the molecule is Cc1cccc2scc(COC(C)C)c12. The normalized spacial score (nSPS) is 11.5. The highest BCUT2D eigenvalue weighted by atomic mass is 32.1. The van der Waals surface area contributed by atoms with Crippen molar-refractivity contribution in [1.29, 1.82) is 0 Å². The van der Waals surface area contributed by atoms with Gasteiger partial charge in [0.2, 0.25) is 0 Å². The summed E-state index contributed by atoms with van der Waals surface area (Å²) < 4.78 is 7.01. The second kappa shape index (κ2) is 4.33. The van der Waals surface area contributed by atoms with Gasteiger partial charge in [0.15, 0.2) is 0 Å². The Balaban J connectivity index is 2.35. The first kappa shape index (κ1) is 10.7. The largest absolute Gasteiger partial charge is 0.374 e. The van der Waals surface area contributed by atoms with Gasteiger partial charge in [-0.15, -0.1) is 11.3 Å². The molecule has 0 aliphatic heterocycles. The Morgan fingerprint density at radius 2 is 2.13 bits per heavy atom. The molecule has 2 rings (SSSR count). The molecule has 0 atom stereocenters. The number of rotatable bonds is 3. The maximum absolute atomic E-state index is 5.66. The van der Waals surface area contributed by atoms with Crippen LogP contribution in [0.5, 0.6) is 0 Å².